The van der Waals surface area contributed by atoms with Crippen LogP contribution in [0.15, 0.2) is 119 Å². The van der Waals surface area contributed by atoms with Gasteiger partial charge < -0.3 is 0 Å². The lowest BCUT2D eigenvalue weighted by atomic mass is 9.82. The molecule has 8 rings (SSSR count). The van der Waals surface area contributed by atoms with Crippen molar-refractivity contribution < 1.29 is 0 Å². The SMILES string of the molecule is CC1(C)c2ccccc2-c2cc(-c3cccc(-c4ccc5c(=O)n6c(=O)c7ccccc7n6c5c4)c3)ccc21. The van der Waals surface area contributed by atoms with E-state index >= 15 is 0 Å². The first-order valence-corrected chi connectivity index (χ1v) is 13.2. The van der Waals surface area contributed by atoms with Gasteiger partial charge in [-0.05, 0) is 80.9 Å². The maximum Gasteiger partial charge on any atom is 0.282 e. The Kier molecular flexibility index (Phi) is 4.27. The summed E-state index contributed by atoms with van der Waals surface area (Å²) >= 11 is 0. The molecular formula is C35H24N2O2. The second-order valence-corrected chi connectivity index (χ2v) is 11.0. The number of fused-ring (bicyclic) bond motifs is 8. The molecule has 2 heterocycles. The molecule has 0 saturated carbocycles. The highest BCUT2D eigenvalue weighted by Crippen LogP contribution is 2.49. The first-order chi connectivity index (χ1) is 18.9. The summed E-state index contributed by atoms with van der Waals surface area (Å²) in [6.07, 6.45) is 0. The molecule has 0 unspecified atom stereocenters. The lowest BCUT2D eigenvalue weighted by molar-refractivity contribution is 0.660. The molecule has 1 aliphatic carbocycles. The van der Waals surface area contributed by atoms with Gasteiger partial charge >= 0.3 is 0 Å². The minimum absolute atomic E-state index is 0.0163. The van der Waals surface area contributed by atoms with Gasteiger partial charge in [0.2, 0.25) is 0 Å². The van der Waals surface area contributed by atoms with Crippen molar-refractivity contribution in [2.45, 2.75) is 19.3 Å². The van der Waals surface area contributed by atoms with E-state index in [1.807, 2.05) is 36.4 Å². The first kappa shape index (κ1) is 22.1. The molecule has 0 amide bonds. The van der Waals surface area contributed by atoms with Crippen LogP contribution in [-0.4, -0.2) is 9.03 Å². The Balaban J connectivity index is 1.29. The molecule has 0 N–H and O–H groups in total. The second kappa shape index (κ2) is 7.55. The highest BCUT2D eigenvalue weighted by molar-refractivity contribution is 5.91. The first-order valence-electron chi connectivity index (χ1n) is 13.2. The predicted octanol–water partition coefficient (Wildman–Crippen LogP) is 7.14. The van der Waals surface area contributed by atoms with E-state index in [0.29, 0.717) is 10.8 Å². The van der Waals surface area contributed by atoms with Gasteiger partial charge in [0, 0.05) is 5.41 Å². The molecule has 0 bridgehead atoms. The van der Waals surface area contributed by atoms with Crippen molar-refractivity contribution in [2.75, 3.05) is 0 Å². The van der Waals surface area contributed by atoms with Crippen molar-refractivity contribution in [3.05, 3.63) is 141 Å². The maximum atomic E-state index is 13.1. The largest absolute Gasteiger partial charge is 0.282 e. The molecule has 2 aromatic heterocycles. The van der Waals surface area contributed by atoms with Crippen LogP contribution in [0.3, 0.4) is 0 Å². The van der Waals surface area contributed by atoms with E-state index in [1.54, 1.807) is 10.6 Å². The number of rotatable bonds is 2. The van der Waals surface area contributed by atoms with Crippen LogP contribution in [0.2, 0.25) is 0 Å². The van der Waals surface area contributed by atoms with Crippen LogP contribution >= 0.6 is 0 Å². The summed E-state index contributed by atoms with van der Waals surface area (Å²) in [4.78, 5) is 26.1. The summed E-state index contributed by atoms with van der Waals surface area (Å²) in [5, 5.41) is 1.09. The van der Waals surface area contributed by atoms with E-state index in [1.165, 1.54) is 32.3 Å². The Labute approximate surface area is 224 Å². The molecule has 1 aliphatic rings. The third-order valence-corrected chi connectivity index (χ3v) is 8.52. The zero-order chi connectivity index (χ0) is 26.5. The molecule has 39 heavy (non-hydrogen) atoms. The van der Waals surface area contributed by atoms with Gasteiger partial charge in [-0.25, -0.2) is 4.52 Å². The quantitative estimate of drug-likeness (QED) is 0.251. The van der Waals surface area contributed by atoms with Gasteiger partial charge in [-0.15, -0.1) is 0 Å². The Morgan fingerprint density at radius 3 is 1.92 bits per heavy atom. The number of nitrogens with zero attached hydrogens (tertiary/aromatic N) is 2. The van der Waals surface area contributed by atoms with Crippen LogP contribution in [0.25, 0.3) is 55.2 Å². The number of aromatic nitrogens is 2. The summed E-state index contributed by atoms with van der Waals surface area (Å²) in [6, 6.07) is 37.2. The lowest BCUT2D eigenvalue weighted by Crippen LogP contribution is -2.21. The van der Waals surface area contributed by atoms with Gasteiger partial charge in [-0.3, -0.25) is 9.59 Å². The average Bonchev–Trinajstić information content (AvgIpc) is 3.53. The van der Waals surface area contributed by atoms with Crippen LogP contribution in [0, 0.1) is 0 Å². The second-order valence-electron chi connectivity index (χ2n) is 11.0. The Hall–Kier alpha value is -4.96. The van der Waals surface area contributed by atoms with Crippen LogP contribution in [-0.2, 0) is 5.41 Å². The van der Waals surface area contributed by atoms with Gasteiger partial charge in [0.25, 0.3) is 11.1 Å². The predicted molar refractivity (Wildman–Crippen MR) is 158 cm³/mol. The molecule has 0 radical (unpaired) electrons. The van der Waals surface area contributed by atoms with E-state index in [2.05, 4.69) is 80.6 Å². The molecule has 7 aromatic rings. The fourth-order valence-corrected chi connectivity index (χ4v) is 6.53. The maximum absolute atomic E-state index is 13.1. The van der Waals surface area contributed by atoms with Crippen molar-refractivity contribution in [1.82, 2.24) is 9.03 Å². The van der Waals surface area contributed by atoms with Crippen LogP contribution < -0.4 is 11.1 Å². The molecule has 0 saturated heterocycles. The Morgan fingerprint density at radius 2 is 1.10 bits per heavy atom. The number of benzene rings is 5. The van der Waals surface area contributed by atoms with Gasteiger partial charge in [0.1, 0.15) is 0 Å². The van der Waals surface area contributed by atoms with Crippen molar-refractivity contribution in [1.29, 1.82) is 0 Å². The molecular weight excluding hydrogens is 480 g/mol. The third kappa shape index (κ3) is 2.89. The van der Waals surface area contributed by atoms with Gasteiger partial charge in [0.05, 0.1) is 21.8 Å². The zero-order valence-corrected chi connectivity index (χ0v) is 21.6. The van der Waals surface area contributed by atoms with Crippen molar-refractivity contribution in [3.63, 3.8) is 0 Å². The number of para-hydroxylation sites is 1. The van der Waals surface area contributed by atoms with E-state index in [4.69, 9.17) is 0 Å². The summed E-state index contributed by atoms with van der Waals surface area (Å²) in [7, 11) is 0. The third-order valence-electron chi connectivity index (χ3n) is 8.52. The molecule has 0 spiro atoms. The van der Waals surface area contributed by atoms with E-state index in [9.17, 15) is 9.59 Å². The molecule has 0 fully saturated rings. The molecule has 186 valence electrons. The van der Waals surface area contributed by atoms with Crippen LogP contribution in [0.5, 0.6) is 0 Å². The minimum atomic E-state index is -0.284. The Morgan fingerprint density at radius 1 is 0.487 bits per heavy atom. The van der Waals surface area contributed by atoms with Crippen molar-refractivity contribution in [2.24, 2.45) is 0 Å². The molecule has 4 heteroatoms. The smallest absolute Gasteiger partial charge is 0.267 e. The molecule has 4 nitrogen and oxygen atoms in total. The van der Waals surface area contributed by atoms with Crippen LogP contribution in [0.1, 0.15) is 25.0 Å². The van der Waals surface area contributed by atoms with Gasteiger partial charge in [-0.1, -0.05) is 86.6 Å². The molecule has 0 aliphatic heterocycles. The highest BCUT2D eigenvalue weighted by atomic mass is 16.2. The summed E-state index contributed by atoms with van der Waals surface area (Å²) in [5.41, 5.74) is 10.6. The van der Waals surface area contributed by atoms with Gasteiger partial charge in [0.15, 0.2) is 0 Å². The fraction of sp³-hybridized carbons (Fsp3) is 0.0857. The minimum Gasteiger partial charge on any atom is -0.267 e. The highest BCUT2D eigenvalue weighted by Gasteiger charge is 2.35. The number of hydrogen-bond acceptors (Lipinski definition) is 2. The van der Waals surface area contributed by atoms with Gasteiger partial charge in [-0.2, -0.15) is 4.52 Å². The van der Waals surface area contributed by atoms with Crippen molar-refractivity contribution in [3.8, 4) is 33.4 Å². The average molecular weight is 505 g/mol. The molecule has 5 aromatic carbocycles. The number of hydrogen-bond donors (Lipinski definition) is 0. The van der Waals surface area contributed by atoms with Crippen LogP contribution in [0.4, 0.5) is 0 Å². The van der Waals surface area contributed by atoms with Crippen molar-refractivity contribution >= 4 is 21.8 Å². The summed E-state index contributed by atoms with van der Waals surface area (Å²) < 4.78 is 3.00. The zero-order valence-electron chi connectivity index (χ0n) is 21.6. The summed E-state index contributed by atoms with van der Waals surface area (Å²) in [5.74, 6) is 0. The van der Waals surface area contributed by atoms with E-state index in [0.717, 1.165) is 27.7 Å². The molecule has 0 atom stereocenters. The topological polar surface area (TPSA) is 43.0 Å². The monoisotopic (exact) mass is 504 g/mol. The van der Waals surface area contributed by atoms with E-state index < -0.39 is 0 Å². The van der Waals surface area contributed by atoms with E-state index in [-0.39, 0.29) is 16.5 Å². The normalized spacial score (nSPS) is 13.8. The Bertz CT molecular complexity index is 2250. The fourth-order valence-electron chi connectivity index (χ4n) is 6.53. The standard InChI is InChI=1S/C35H24N2O2/c1-35(2)29-12-5-3-10-25(29)28-19-23(15-17-30(28)35)21-8-7-9-22(18-21)24-14-16-27-32(20-24)36-31-13-6-4-11-26(31)33(38)37(36)34(27)39/h3-20H,1-2H3. The summed E-state index contributed by atoms with van der Waals surface area (Å²) in [6.45, 7) is 4.59. The lowest BCUT2D eigenvalue weighted by Gasteiger charge is -2.21.